The highest BCUT2D eigenvalue weighted by atomic mass is 32.1. The van der Waals surface area contributed by atoms with Crippen LogP contribution in [0.1, 0.15) is 13.3 Å². The Balaban J connectivity index is 2.53. The molecule has 0 aromatic carbocycles. The lowest BCUT2D eigenvalue weighted by Gasteiger charge is -2.19. The molecular formula is C8H14N2O2S. The van der Waals surface area contributed by atoms with Gasteiger partial charge in [-0.25, -0.2) is 0 Å². The van der Waals surface area contributed by atoms with Crippen LogP contribution >= 0.6 is 12.2 Å². The van der Waals surface area contributed by atoms with Gasteiger partial charge in [0.15, 0.2) is 0 Å². The fourth-order valence-electron chi connectivity index (χ4n) is 1.34. The minimum atomic E-state index is -0.416. The zero-order chi connectivity index (χ0) is 10.0. The molecule has 74 valence electrons. The Morgan fingerprint density at radius 1 is 1.77 bits per heavy atom. The van der Waals surface area contributed by atoms with Crippen LogP contribution < -0.4 is 5.73 Å². The summed E-state index contributed by atoms with van der Waals surface area (Å²) in [5.41, 5.74) is 5.36. The number of amides is 1. The molecule has 1 aliphatic heterocycles. The molecule has 1 heterocycles. The van der Waals surface area contributed by atoms with Crippen LogP contribution in [0.5, 0.6) is 0 Å². The minimum Gasteiger partial charge on any atom is -0.393 e. The van der Waals surface area contributed by atoms with Gasteiger partial charge in [-0.3, -0.25) is 4.79 Å². The maximum atomic E-state index is 11.6. The molecule has 0 bridgehead atoms. The number of thiocarbonyl (C=S) groups is 1. The number of aliphatic hydroxyl groups excluding tert-OH is 1. The number of hydrogen-bond donors (Lipinski definition) is 2. The van der Waals surface area contributed by atoms with Crippen molar-refractivity contribution < 1.29 is 9.90 Å². The fraction of sp³-hybridized carbons (Fsp3) is 0.750. The normalized spacial score (nSPS) is 24.5. The molecule has 2 unspecified atom stereocenters. The Hall–Kier alpha value is -0.680. The van der Waals surface area contributed by atoms with E-state index in [1.54, 1.807) is 11.8 Å². The molecule has 0 spiro atoms. The number of β-amino-alcohol motifs (C(OH)–C–C–N with tert-alkyl or cyclic N) is 1. The van der Waals surface area contributed by atoms with E-state index in [1.165, 1.54) is 0 Å². The Kier molecular flexibility index (Phi) is 3.22. The average Bonchev–Trinajstić information content (AvgIpc) is 2.49. The van der Waals surface area contributed by atoms with Crippen molar-refractivity contribution in [3.8, 4) is 0 Å². The minimum absolute atomic E-state index is 0.0796. The summed E-state index contributed by atoms with van der Waals surface area (Å²) >= 11 is 4.73. The zero-order valence-corrected chi connectivity index (χ0v) is 8.38. The second kappa shape index (κ2) is 4.02. The summed E-state index contributed by atoms with van der Waals surface area (Å²) in [5.74, 6) is -0.496. The van der Waals surface area contributed by atoms with E-state index in [4.69, 9.17) is 18.0 Å². The summed E-state index contributed by atoms with van der Waals surface area (Å²) in [6, 6.07) is 0. The summed E-state index contributed by atoms with van der Waals surface area (Å²) in [7, 11) is 0. The van der Waals surface area contributed by atoms with E-state index in [0.717, 1.165) is 0 Å². The molecule has 2 atom stereocenters. The van der Waals surface area contributed by atoms with Crippen molar-refractivity contribution in [1.29, 1.82) is 0 Å². The number of nitrogens with two attached hydrogens (primary N) is 1. The van der Waals surface area contributed by atoms with E-state index in [2.05, 4.69) is 0 Å². The molecule has 1 aliphatic rings. The molecule has 1 amide bonds. The Bertz CT molecular complexity index is 232. The second-order valence-electron chi connectivity index (χ2n) is 3.35. The predicted molar refractivity (Wildman–Crippen MR) is 53.2 cm³/mol. The van der Waals surface area contributed by atoms with Crippen LogP contribution in [0, 0.1) is 5.92 Å². The first kappa shape index (κ1) is 10.4. The van der Waals surface area contributed by atoms with Gasteiger partial charge in [0.05, 0.1) is 17.0 Å². The van der Waals surface area contributed by atoms with Gasteiger partial charge in [-0.15, -0.1) is 0 Å². The van der Waals surface area contributed by atoms with E-state index in [1.807, 2.05) is 0 Å². The van der Waals surface area contributed by atoms with Crippen LogP contribution in [-0.4, -0.2) is 40.1 Å². The third kappa shape index (κ3) is 2.38. The van der Waals surface area contributed by atoms with Crippen LogP contribution in [0.25, 0.3) is 0 Å². The molecule has 0 saturated carbocycles. The lowest BCUT2D eigenvalue weighted by Crippen LogP contribution is -2.38. The molecule has 13 heavy (non-hydrogen) atoms. The number of rotatable bonds is 2. The number of hydrogen-bond acceptors (Lipinski definition) is 3. The Morgan fingerprint density at radius 3 is 2.77 bits per heavy atom. The summed E-state index contributed by atoms with van der Waals surface area (Å²) in [4.78, 5) is 13.4. The maximum Gasteiger partial charge on any atom is 0.232 e. The molecule has 5 heteroatoms. The van der Waals surface area contributed by atoms with Gasteiger partial charge in [0.25, 0.3) is 0 Å². The molecule has 3 N–H and O–H groups in total. The molecule has 0 radical (unpaired) electrons. The van der Waals surface area contributed by atoms with E-state index in [-0.39, 0.29) is 17.0 Å². The number of nitrogens with zero attached hydrogens (tertiary/aromatic N) is 1. The van der Waals surface area contributed by atoms with E-state index < -0.39 is 5.92 Å². The van der Waals surface area contributed by atoms with Crippen LogP contribution in [0.4, 0.5) is 0 Å². The maximum absolute atomic E-state index is 11.6. The second-order valence-corrected chi connectivity index (χ2v) is 3.82. The Labute approximate surface area is 82.7 Å². The molecule has 1 rings (SSSR count). The number of carbonyl (C=O) groups is 1. The van der Waals surface area contributed by atoms with Crippen molar-refractivity contribution in [3.05, 3.63) is 0 Å². The van der Waals surface area contributed by atoms with Crippen molar-refractivity contribution in [3.63, 3.8) is 0 Å². The first-order valence-electron chi connectivity index (χ1n) is 4.28. The molecule has 4 nitrogen and oxygen atoms in total. The largest absolute Gasteiger partial charge is 0.393 e. The van der Waals surface area contributed by atoms with Gasteiger partial charge in [-0.2, -0.15) is 0 Å². The van der Waals surface area contributed by atoms with E-state index in [0.29, 0.717) is 19.5 Å². The molecule has 1 fully saturated rings. The van der Waals surface area contributed by atoms with Gasteiger partial charge in [-0.05, 0) is 13.3 Å². The van der Waals surface area contributed by atoms with Crippen molar-refractivity contribution >= 4 is 23.1 Å². The number of likely N-dealkylation sites (tertiary alicyclic amines) is 1. The Morgan fingerprint density at radius 2 is 2.38 bits per heavy atom. The number of aliphatic hydroxyl groups is 1. The molecule has 1 saturated heterocycles. The highest BCUT2D eigenvalue weighted by molar-refractivity contribution is 7.80. The van der Waals surface area contributed by atoms with Crippen LogP contribution in [0.15, 0.2) is 0 Å². The smallest absolute Gasteiger partial charge is 0.232 e. The van der Waals surface area contributed by atoms with Crippen LogP contribution in [-0.2, 0) is 4.79 Å². The van der Waals surface area contributed by atoms with Gasteiger partial charge in [-0.1, -0.05) is 12.2 Å². The van der Waals surface area contributed by atoms with E-state index in [9.17, 15) is 9.90 Å². The average molecular weight is 202 g/mol. The first-order valence-corrected chi connectivity index (χ1v) is 4.69. The van der Waals surface area contributed by atoms with E-state index >= 15 is 0 Å². The van der Waals surface area contributed by atoms with Gasteiger partial charge >= 0.3 is 0 Å². The van der Waals surface area contributed by atoms with Gasteiger partial charge in [0, 0.05) is 13.1 Å². The lowest BCUT2D eigenvalue weighted by molar-refractivity contribution is -0.132. The van der Waals surface area contributed by atoms with Crippen molar-refractivity contribution in [2.75, 3.05) is 13.1 Å². The van der Waals surface area contributed by atoms with Crippen molar-refractivity contribution in [2.24, 2.45) is 11.7 Å². The molecule has 0 aromatic rings. The van der Waals surface area contributed by atoms with Crippen LogP contribution in [0.2, 0.25) is 0 Å². The van der Waals surface area contributed by atoms with Crippen LogP contribution in [0.3, 0.4) is 0 Å². The molecule has 0 aliphatic carbocycles. The predicted octanol–water partition coefficient (Wildman–Crippen LogP) is -0.498. The van der Waals surface area contributed by atoms with Gasteiger partial charge in [0.2, 0.25) is 5.91 Å². The fourth-order valence-corrected chi connectivity index (χ4v) is 1.44. The van der Waals surface area contributed by atoms with Gasteiger partial charge in [0.1, 0.15) is 0 Å². The number of carbonyl (C=O) groups excluding carboxylic acids is 1. The standard InChI is InChI=1S/C8H14N2O2S/c1-5(7(9)13)8(12)10-3-2-6(11)4-10/h5-6,11H,2-4H2,1H3,(H2,9,13). The summed E-state index contributed by atoms with van der Waals surface area (Å²) in [6.07, 6.45) is 0.262. The highest BCUT2D eigenvalue weighted by Crippen LogP contribution is 2.12. The summed E-state index contributed by atoms with van der Waals surface area (Å²) < 4.78 is 0. The quantitative estimate of drug-likeness (QED) is 0.593. The topological polar surface area (TPSA) is 66.6 Å². The summed E-state index contributed by atoms with van der Waals surface area (Å²) in [5, 5.41) is 9.21. The zero-order valence-electron chi connectivity index (χ0n) is 7.56. The SMILES string of the molecule is CC(C(=O)N1CCC(O)C1)C(N)=S. The van der Waals surface area contributed by atoms with Gasteiger partial charge < -0.3 is 15.7 Å². The third-order valence-electron chi connectivity index (χ3n) is 2.27. The lowest BCUT2D eigenvalue weighted by atomic mass is 10.1. The molecule has 0 aromatic heterocycles. The third-order valence-corrected chi connectivity index (χ3v) is 2.63. The molecular weight excluding hydrogens is 188 g/mol. The summed E-state index contributed by atoms with van der Waals surface area (Å²) in [6.45, 7) is 2.70. The van der Waals surface area contributed by atoms with Crippen molar-refractivity contribution in [1.82, 2.24) is 4.90 Å². The first-order chi connectivity index (χ1) is 6.02. The van der Waals surface area contributed by atoms with Crippen molar-refractivity contribution in [2.45, 2.75) is 19.4 Å². The highest BCUT2D eigenvalue weighted by Gasteiger charge is 2.28. The monoisotopic (exact) mass is 202 g/mol.